The highest BCUT2D eigenvalue weighted by molar-refractivity contribution is 7.89. The van der Waals surface area contributed by atoms with Crippen LogP contribution in [0.15, 0.2) is 23.1 Å². The van der Waals surface area contributed by atoms with Crippen LogP contribution in [-0.2, 0) is 10.0 Å². The smallest absolute Gasteiger partial charge is 0.246 e. The molecule has 0 atom stereocenters. The van der Waals surface area contributed by atoms with Crippen molar-refractivity contribution in [2.45, 2.75) is 4.90 Å². The Morgan fingerprint density at radius 3 is 2.65 bits per heavy atom. The van der Waals surface area contributed by atoms with Gasteiger partial charge in [0.25, 0.3) is 0 Å². The lowest BCUT2D eigenvalue weighted by molar-refractivity contribution is 0.266. The molecule has 1 aromatic carbocycles. The molecular weight excluding hydrogens is 249 g/mol. The minimum Gasteiger partial charge on any atom is -0.495 e. The Kier molecular flexibility index (Phi) is 4.44. The molecule has 0 radical (unpaired) electrons. The SMILES string of the molecule is COc1ccc(F)cc1S(=O)(=O)N(C)CCO. The van der Waals surface area contributed by atoms with E-state index in [1.807, 2.05) is 0 Å². The van der Waals surface area contributed by atoms with Crippen LogP contribution in [0.3, 0.4) is 0 Å². The summed E-state index contributed by atoms with van der Waals surface area (Å²) in [5.74, 6) is -0.599. The van der Waals surface area contributed by atoms with Gasteiger partial charge in [-0.3, -0.25) is 0 Å². The number of methoxy groups -OCH3 is 1. The van der Waals surface area contributed by atoms with Crippen molar-refractivity contribution in [3.8, 4) is 5.75 Å². The quantitative estimate of drug-likeness (QED) is 0.837. The molecular formula is C10H14FNO4S. The minimum absolute atomic E-state index is 0.0659. The van der Waals surface area contributed by atoms with Gasteiger partial charge in [-0.25, -0.2) is 12.8 Å². The minimum atomic E-state index is -3.86. The molecule has 1 rings (SSSR count). The van der Waals surface area contributed by atoms with Crippen LogP contribution in [0.1, 0.15) is 0 Å². The van der Waals surface area contributed by atoms with Gasteiger partial charge in [0.1, 0.15) is 16.5 Å². The molecule has 0 saturated carbocycles. The van der Waals surface area contributed by atoms with Crippen molar-refractivity contribution in [1.29, 1.82) is 0 Å². The zero-order valence-electron chi connectivity index (χ0n) is 9.55. The number of aliphatic hydroxyl groups is 1. The van der Waals surface area contributed by atoms with Crippen LogP contribution in [0.5, 0.6) is 5.75 Å². The highest BCUT2D eigenvalue weighted by Gasteiger charge is 2.24. The zero-order valence-corrected chi connectivity index (χ0v) is 10.4. The molecule has 17 heavy (non-hydrogen) atoms. The van der Waals surface area contributed by atoms with Crippen molar-refractivity contribution in [3.63, 3.8) is 0 Å². The van der Waals surface area contributed by atoms with Gasteiger partial charge in [0, 0.05) is 13.6 Å². The van der Waals surface area contributed by atoms with Crippen molar-refractivity contribution in [2.75, 3.05) is 27.3 Å². The Morgan fingerprint density at radius 1 is 1.47 bits per heavy atom. The molecule has 7 heteroatoms. The second-order valence-electron chi connectivity index (χ2n) is 3.35. The first-order valence-corrected chi connectivity index (χ1v) is 6.28. The summed E-state index contributed by atoms with van der Waals surface area (Å²) in [6, 6.07) is 3.25. The molecule has 0 aliphatic carbocycles. The van der Waals surface area contributed by atoms with Gasteiger partial charge in [-0.1, -0.05) is 0 Å². The van der Waals surface area contributed by atoms with Crippen molar-refractivity contribution >= 4 is 10.0 Å². The van der Waals surface area contributed by atoms with E-state index < -0.39 is 15.8 Å². The summed E-state index contributed by atoms with van der Waals surface area (Å²) in [5, 5.41) is 8.72. The Morgan fingerprint density at radius 2 is 2.12 bits per heavy atom. The summed E-state index contributed by atoms with van der Waals surface area (Å²) < 4.78 is 42.9. The molecule has 0 heterocycles. The van der Waals surface area contributed by atoms with Crippen LogP contribution in [-0.4, -0.2) is 45.1 Å². The normalized spacial score (nSPS) is 11.8. The van der Waals surface area contributed by atoms with Crippen molar-refractivity contribution < 1.29 is 22.7 Å². The molecule has 0 spiro atoms. The van der Waals surface area contributed by atoms with Crippen LogP contribution in [0.25, 0.3) is 0 Å². The fourth-order valence-corrected chi connectivity index (χ4v) is 2.61. The van der Waals surface area contributed by atoms with Crippen molar-refractivity contribution in [2.24, 2.45) is 0 Å². The molecule has 1 aromatic rings. The number of ether oxygens (including phenoxy) is 1. The maximum Gasteiger partial charge on any atom is 0.246 e. The topological polar surface area (TPSA) is 66.8 Å². The second kappa shape index (κ2) is 5.44. The van der Waals surface area contributed by atoms with E-state index in [9.17, 15) is 12.8 Å². The van der Waals surface area contributed by atoms with E-state index in [2.05, 4.69) is 0 Å². The molecule has 5 nitrogen and oxygen atoms in total. The van der Waals surface area contributed by atoms with Crippen LogP contribution >= 0.6 is 0 Å². The standard InChI is InChI=1S/C10H14FNO4S/c1-12(5-6-13)17(14,15)10-7-8(11)3-4-9(10)16-2/h3-4,7,13H,5-6H2,1-2H3. The number of sulfonamides is 1. The van der Waals surface area contributed by atoms with Gasteiger partial charge in [0.05, 0.1) is 13.7 Å². The summed E-state index contributed by atoms with van der Waals surface area (Å²) in [5.41, 5.74) is 0. The first-order chi connectivity index (χ1) is 7.93. The molecule has 0 amide bonds. The Labute approximate surface area is 99.5 Å². The number of nitrogens with zero attached hydrogens (tertiary/aromatic N) is 1. The van der Waals surface area contributed by atoms with E-state index in [1.54, 1.807) is 0 Å². The summed E-state index contributed by atoms with van der Waals surface area (Å²) in [6.07, 6.45) is 0. The van der Waals surface area contributed by atoms with Gasteiger partial charge in [0.2, 0.25) is 10.0 Å². The third-order valence-corrected chi connectivity index (χ3v) is 4.11. The third kappa shape index (κ3) is 2.93. The molecule has 0 bridgehead atoms. The Hall–Kier alpha value is -1.18. The monoisotopic (exact) mass is 263 g/mol. The van der Waals surface area contributed by atoms with Crippen LogP contribution in [0.4, 0.5) is 4.39 Å². The Balaban J connectivity index is 3.27. The first-order valence-electron chi connectivity index (χ1n) is 4.84. The van der Waals surface area contributed by atoms with Crippen LogP contribution in [0.2, 0.25) is 0 Å². The maximum atomic E-state index is 13.1. The van der Waals surface area contributed by atoms with Crippen molar-refractivity contribution in [3.05, 3.63) is 24.0 Å². The summed E-state index contributed by atoms with van der Waals surface area (Å²) in [7, 11) is -1.25. The van der Waals surface area contributed by atoms with Gasteiger partial charge < -0.3 is 9.84 Å². The lowest BCUT2D eigenvalue weighted by Gasteiger charge is -2.17. The van der Waals surface area contributed by atoms with E-state index >= 15 is 0 Å². The fraction of sp³-hybridized carbons (Fsp3) is 0.400. The maximum absolute atomic E-state index is 13.1. The second-order valence-corrected chi connectivity index (χ2v) is 5.36. The number of benzene rings is 1. The molecule has 96 valence electrons. The zero-order chi connectivity index (χ0) is 13.1. The molecule has 0 unspecified atom stereocenters. The highest BCUT2D eigenvalue weighted by atomic mass is 32.2. The molecule has 0 aromatic heterocycles. The average Bonchev–Trinajstić information content (AvgIpc) is 2.29. The number of hydrogen-bond acceptors (Lipinski definition) is 4. The van der Waals surface area contributed by atoms with Crippen LogP contribution < -0.4 is 4.74 Å². The average molecular weight is 263 g/mol. The third-order valence-electron chi connectivity index (χ3n) is 2.23. The number of aliphatic hydroxyl groups excluding tert-OH is 1. The predicted octanol–water partition coefficient (Wildman–Crippen LogP) is 0.447. The number of likely N-dealkylation sites (N-methyl/N-ethyl adjacent to an activating group) is 1. The molecule has 1 N–H and O–H groups in total. The Bertz CT molecular complexity index is 489. The van der Waals surface area contributed by atoms with Gasteiger partial charge >= 0.3 is 0 Å². The van der Waals surface area contributed by atoms with E-state index in [-0.39, 0.29) is 23.8 Å². The highest BCUT2D eigenvalue weighted by Crippen LogP contribution is 2.26. The lowest BCUT2D eigenvalue weighted by atomic mass is 10.3. The first kappa shape index (κ1) is 13.9. The lowest BCUT2D eigenvalue weighted by Crippen LogP contribution is -2.30. The van der Waals surface area contributed by atoms with E-state index in [1.165, 1.54) is 20.2 Å². The fourth-order valence-electron chi connectivity index (χ4n) is 1.28. The van der Waals surface area contributed by atoms with Gasteiger partial charge in [-0.2, -0.15) is 4.31 Å². The predicted molar refractivity (Wildman–Crippen MR) is 59.9 cm³/mol. The molecule has 0 fully saturated rings. The number of hydrogen-bond donors (Lipinski definition) is 1. The van der Waals surface area contributed by atoms with Gasteiger partial charge in [-0.05, 0) is 18.2 Å². The number of rotatable bonds is 5. The van der Waals surface area contributed by atoms with Gasteiger partial charge in [0.15, 0.2) is 0 Å². The summed E-state index contributed by atoms with van der Waals surface area (Å²) >= 11 is 0. The summed E-state index contributed by atoms with van der Waals surface area (Å²) in [4.78, 5) is -0.254. The molecule has 0 aliphatic rings. The molecule has 0 aliphatic heterocycles. The van der Waals surface area contributed by atoms with E-state index in [0.29, 0.717) is 0 Å². The van der Waals surface area contributed by atoms with Crippen molar-refractivity contribution in [1.82, 2.24) is 4.31 Å². The van der Waals surface area contributed by atoms with Gasteiger partial charge in [-0.15, -0.1) is 0 Å². The van der Waals surface area contributed by atoms with E-state index in [0.717, 1.165) is 16.4 Å². The molecule has 0 saturated heterocycles. The summed E-state index contributed by atoms with van der Waals surface area (Å²) in [6.45, 7) is -0.380. The van der Waals surface area contributed by atoms with E-state index in [4.69, 9.17) is 9.84 Å². The van der Waals surface area contributed by atoms with Crippen LogP contribution in [0, 0.1) is 5.82 Å². The largest absolute Gasteiger partial charge is 0.495 e. The number of halogens is 1.